The van der Waals surface area contributed by atoms with Crippen molar-refractivity contribution >= 4 is 13.7 Å². The Morgan fingerprint density at radius 2 is 0.952 bits per heavy atom. The van der Waals surface area contributed by atoms with Crippen LogP contribution in [0, 0.1) is 0 Å². The van der Waals surface area contributed by atoms with Gasteiger partial charge in [0.2, 0.25) is 5.91 Å². The van der Waals surface area contributed by atoms with Crippen molar-refractivity contribution in [1.82, 2.24) is 5.32 Å². The van der Waals surface area contributed by atoms with Crippen LogP contribution in [0.5, 0.6) is 0 Å². The van der Waals surface area contributed by atoms with Crippen molar-refractivity contribution in [2.75, 3.05) is 40.9 Å². The van der Waals surface area contributed by atoms with E-state index in [2.05, 4.69) is 55.6 Å². The molecule has 0 aliphatic rings. The van der Waals surface area contributed by atoms with Gasteiger partial charge in [0.15, 0.2) is 0 Å². The van der Waals surface area contributed by atoms with Gasteiger partial charge in [-0.2, -0.15) is 0 Å². The van der Waals surface area contributed by atoms with Gasteiger partial charge in [-0.15, -0.1) is 0 Å². The van der Waals surface area contributed by atoms with E-state index in [0.717, 1.165) is 77.0 Å². The maximum Gasteiger partial charge on any atom is 0.472 e. The van der Waals surface area contributed by atoms with Gasteiger partial charge in [-0.05, 0) is 51.4 Å². The fraction of sp³-hybridized carbons (Fsp3) is 0.833. The number of likely N-dealkylation sites (N-methyl/N-ethyl adjacent to an activating group) is 1. The molecular weight excluding hydrogens is 804 g/mol. The SMILES string of the molecule is CC/C=C\C/C=C\C/C=C\CCCCCCCC(=O)NC(COP(=O)(O)OCC[N+](C)(C)C)C(O)/C=C/CCCCCCCCCCCCCCCCCCCCCCCCCC. The van der Waals surface area contributed by atoms with Crippen LogP contribution in [0.15, 0.2) is 48.6 Å². The molecule has 370 valence electrons. The lowest BCUT2D eigenvalue weighted by atomic mass is 10.0. The van der Waals surface area contributed by atoms with Crippen LogP contribution >= 0.6 is 7.82 Å². The van der Waals surface area contributed by atoms with Crippen molar-refractivity contribution in [3.05, 3.63) is 48.6 Å². The number of carbonyl (C=O) groups excluding carboxylic acids is 1. The second-order valence-electron chi connectivity index (χ2n) is 19.2. The second kappa shape index (κ2) is 45.6. The Kier molecular flexibility index (Phi) is 44.5. The monoisotopic (exact) mass is 908 g/mol. The summed E-state index contributed by atoms with van der Waals surface area (Å²) < 4.78 is 23.6. The number of nitrogens with zero attached hydrogens (tertiary/aromatic N) is 1. The number of carbonyl (C=O) groups is 1. The Hall–Kier alpha value is -1.54. The first-order valence-electron chi connectivity index (χ1n) is 26.5. The molecule has 0 aromatic rings. The molecule has 0 heterocycles. The lowest BCUT2D eigenvalue weighted by Gasteiger charge is -2.25. The fourth-order valence-corrected chi connectivity index (χ4v) is 8.38. The molecule has 0 aliphatic heterocycles. The van der Waals surface area contributed by atoms with E-state index in [-0.39, 0.29) is 19.1 Å². The first kappa shape index (κ1) is 61.5. The predicted molar refractivity (Wildman–Crippen MR) is 272 cm³/mol. The highest BCUT2D eigenvalue weighted by Gasteiger charge is 2.27. The van der Waals surface area contributed by atoms with Crippen molar-refractivity contribution in [1.29, 1.82) is 0 Å². The summed E-state index contributed by atoms with van der Waals surface area (Å²) in [5.74, 6) is -0.194. The Bertz CT molecular complexity index is 1170. The number of unbranched alkanes of at least 4 members (excludes halogenated alkanes) is 29. The molecule has 3 unspecified atom stereocenters. The van der Waals surface area contributed by atoms with Crippen LogP contribution < -0.4 is 5.32 Å². The second-order valence-corrected chi connectivity index (χ2v) is 20.7. The summed E-state index contributed by atoms with van der Waals surface area (Å²) in [4.78, 5) is 23.2. The third-order valence-electron chi connectivity index (χ3n) is 11.8. The van der Waals surface area contributed by atoms with E-state index in [4.69, 9.17) is 9.05 Å². The first-order valence-corrected chi connectivity index (χ1v) is 28.0. The zero-order valence-electron chi connectivity index (χ0n) is 42.1. The Morgan fingerprint density at radius 1 is 0.556 bits per heavy atom. The van der Waals surface area contributed by atoms with Crippen molar-refractivity contribution in [3.63, 3.8) is 0 Å². The number of hydrogen-bond acceptors (Lipinski definition) is 5. The number of quaternary nitrogens is 1. The largest absolute Gasteiger partial charge is 0.472 e. The first-order chi connectivity index (χ1) is 30.5. The third kappa shape index (κ3) is 48.2. The highest BCUT2D eigenvalue weighted by atomic mass is 31.2. The molecule has 0 spiro atoms. The molecule has 0 saturated heterocycles. The zero-order chi connectivity index (χ0) is 46.4. The van der Waals surface area contributed by atoms with Crippen molar-refractivity contribution in [2.45, 2.75) is 251 Å². The zero-order valence-corrected chi connectivity index (χ0v) is 43.0. The van der Waals surface area contributed by atoms with E-state index in [1.54, 1.807) is 6.08 Å². The van der Waals surface area contributed by atoms with Gasteiger partial charge in [0.05, 0.1) is 39.9 Å². The number of allylic oxidation sites excluding steroid dienone is 7. The molecule has 1 amide bonds. The summed E-state index contributed by atoms with van der Waals surface area (Å²) in [6, 6.07) is -0.857. The van der Waals surface area contributed by atoms with Gasteiger partial charge < -0.3 is 19.8 Å². The quantitative estimate of drug-likeness (QED) is 0.0243. The summed E-state index contributed by atoms with van der Waals surface area (Å²) in [5, 5.41) is 13.9. The van der Waals surface area contributed by atoms with Gasteiger partial charge >= 0.3 is 7.82 Å². The van der Waals surface area contributed by atoms with E-state index in [0.29, 0.717) is 17.4 Å². The molecule has 0 aromatic heterocycles. The van der Waals surface area contributed by atoms with E-state index < -0.39 is 20.0 Å². The number of phosphoric acid groups is 1. The normalized spacial score (nSPS) is 14.5. The van der Waals surface area contributed by atoms with Gasteiger partial charge in [-0.25, -0.2) is 4.57 Å². The Morgan fingerprint density at radius 3 is 1.40 bits per heavy atom. The van der Waals surface area contributed by atoms with E-state index in [1.165, 1.54) is 141 Å². The van der Waals surface area contributed by atoms with Crippen LogP contribution in [-0.4, -0.2) is 73.4 Å². The molecule has 0 bridgehead atoms. The highest BCUT2D eigenvalue weighted by Crippen LogP contribution is 2.43. The molecule has 0 aromatic carbocycles. The minimum Gasteiger partial charge on any atom is -0.387 e. The molecule has 0 fully saturated rings. The van der Waals surface area contributed by atoms with E-state index >= 15 is 0 Å². The number of amides is 1. The number of hydrogen-bond donors (Lipinski definition) is 3. The highest BCUT2D eigenvalue weighted by molar-refractivity contribution is 7.47. The lowest BCUT2D eigenvalue weighted by molar-refractivity contribution is -0.870. The minimum absolute atomic E-state index is 0.0567. The molecule has 0 aliphatic carbocycles. The van der Waals surface area contributed by atoms with Gasteiger partial charge in [-0.3, -0.25) is 13.8 Å². The van der Waals surface area contributed by atoms with Gasteiger partial charge in [0, 0.05) is 6.42 Å². The average molecular weight is 908 g/mol. The molecule has 8 nitrogen and oxygen atoms in total. The molecule has 0 saturated carbocycles. The summed E-state index contributed by atoms with van der Waals surface area (Å²) in [6.45, 7) is 4.70. The maximum absolute atomic E-state index is 12.9. The summed E-state index contributed by atoms with van der Waals surface area (Å²) in [7, 11) is 1.56. The molecule has 63 heavy (non-hydrogen) atoms. The van der Waals surface area contributed by atoms with Gasteiger partial charge in [0.25, 0.3) is 0 Å². The van der Waals surface area contributed by atoms with Crippen LogP contribution in [0.25, 0.3) is 0 Å². The van der Waals surface area contributed by atoms with E-state index in [9.17, 15) is 19.4 Å². The number of aliphatic hydroxyl groups is 1. The Labute approximate surface area is 390 Å². The number of aliphatic hydroxyl groups excluding tert-OH is 1. The summed E-state index contributed by atoms with van der Waals surface area (Å²) >= 11 is 0. The number of nitrogens with one attached hydrogen (secondary N) is 1. The fourth-order valence-electron chi connectivity index (χ4n) is 7.65. The smallest absolute Gasteiger partial charge is 0.387 e. The molecule has 0 rings (SSSR count). The van der Waals surface area contributed by atoms with Crippen LogP contribution in [0.2, 0.25) is 0 Å². The van der Waals surface area contributed by atoms with Crippen molar-refractivity contribution in [3.8, 4) is 0 Å². The third-order valence-corrected chi connectivity index (χ3v) is 12.8. The van der Waals surface area contributed by atoms with E-state index in [1.807, 2.05) is 27.2 Å². The lowest BCUT2D eigenvalue weighted by Crippen LogP contribution is -2.45. The number of phosphoric ester groups is 1. The summed E-state index contributed by atoms with van der Waals surface area (Å²) in [6.07, 6.45) is 59.2. The standard InChI is InChI=1S/C54H103N2O6P/c1-6-8-10-12-14-16-18-20-22-23-24-25-26-27-28-29-30-31-32-34-35-37-39-41-43-45-47-53(57)52(51-62-63(59,60)61-50-49-56(3,4)5)55-54(58)48-46-44-42-40-38-36-33-21-19-17-15-13-11-9-7-2/h9,11,15,17,21,33,45,47,52-53,57H,6-8,10,12-14,16,18-20,22-32,34-44,46,48-51H2,1-5H3,(H-,55,58,59,60)/p+1/b11-9-,17-15-,33-21-,47-45+. The summed E-state index contributed by atoms with van der Waals surface area (Å²) in [5.41, 5.74) is 0. The van der Waals surface area contributed by atoms with Crippen molar-refractivity contribution in [2.24, 2.45) is 0 Å². The van der Waals surface area contributed by atoms with Crippen LogP contribution in [0.3, 0.4) is 0 Å². The van der Waals surface area contributed by atoms with Crippen LogP contribution in [0.1, 0.15) is 239 Å². The van der Waals surface area contributed by atoms with Gasteiger partial charge in [-0.1, -0.05) is 229 Å². The van der Waals surface area contributed by atoms with Gasteiger partial charge in [0.1, 0.15) is 13.2 Å². The molecule has 3 N–H and O–H groups in total. The minimum atomic E-state index is -4.35. The Balaban J connectivity index is 4.23. The van der Waals surface area contributed by atoms with Crippen molar-refractivity contribution < 1.29 is 32.9 Å². The molecular formula is C54H104N2O6P+. The topological polar surface area (TPSA) is 105 Å². The molecule has 9 heteroatoms. The molecule has 3 atom stereocenters. The average Bonchev–Trinajstić information content (AvgIpc) is 3.24. The maximum atomic E-state index is 12.9. The molecule has 0 radical (unpaired) electrons. The number of rotatable bonds is 48. The predicted octanol–water partition coefficient (Wildman–Crippen LogP) is 15.6. The van der Waals surface area contributed by atoms with Crippen LogP contribution in [0.4, 0.5) is 0 Å². The van der Waals surface area contributed by atoms with Crippen LogP contribution in [-0.2, 0) is 18.4 Å².